The summed E-state index contributed by atoms with van der Waals surface area (Å²) in [6, 6.07) is 14.5. The number of thiazole rings is 1. The molecule has 22 heavy (non-hydrogen) atoms. The summed E-state index contributed by atoms with van der Waals surface area (Å²) < 4.78 is 0. The highest BCUT2D eigenvalue weighted by Crippen LogP contribution is 2.28. The van der Waals surface area contributed by atoms with Gasteiger partial charge in [-0.3, -0.25) is 10.1 Å². The van der Waals surface area contributed by atoms with Crippen molar-refractivity contribution in [1.29, 1.82) is 0 Å². The lowest BCUT2D eigenvalue weighted by molar-refractivity contribution is -0.384. The number of nitro groups is 1. The first-order valence-corrected chi connectivity index (χ1v) is 7.54. The molecule has 0 saturated heterocycles. The van der Waals surface area contributed by atoms with E-state index in [0.29, 0.717) is 0 Å². The van der Waals surface area contributed by atoms with Crippen molar-refractivity contribution >= 4 is 27.8 Å². The number of aryl methyl sites for hydroxylation is 1. The van der Waals surface area contributed by atoms with Crippen LogP contribution in [0.1, 0.15) is 5.56 Å². The molecule has 0 saturated carbocycles. The minimum atomic E-state index is -0.407. The van der Waals surface area contributed by atoms with Gasteiger partial charge >= 0.3 is 0 Å². The number of nitrogens with zero attached hydrogens (tertiary/aromatic N) is 2. The van der Waals surface area contributed by atoms with E-state index < -0.39 is 4.92 Å². The molecule has 1 N–H and O–H groups in total. The van der Waals surface area contributed by atoms with Crippen molar-refractivity contribution in [2.45, 2.75) is 6.92 Å². The van der Waals surface area contributed by atoms with Gasteiger partial charge in [-0.05, 0) is 36.8 Å². The summed E-state index contributed by atoms with van der Waals surface area (Å²) in [4.78, 5) is 14.8. The second kappa shape index (κ2) is 5.95. The van der Waals surface area contributed by atoms with Crippen LogP contribution >= 0.6 is 11.3 Å². The van der Waals surface area contributed by atoms with Crippen LogP contribution in [0.4, 0.5) is 16.5 Å². The Kier molecular flexibility index (Phi) is 3.84. The van der Waals surface area contributed by atoms with Crippen LogP contribution < -0.4 is 5.32 Å². The van der Waals surface area contributed by atoms with Crippen LogP contribution in [0.5, 0.6) is 0 Å². The molecular weight excluding hydrogens is 298 g/mol. The van der Waals surface area contributed by atoms with Crippen molar-refractivity contribution in [3.63, 3.8) is 0 Å². The van der Waals surface area contributed by atoms with E-state index in [1.807, 2.05) is 36.6 Å². The van der Waals surface area contributed by atoms with E-state index in [9.17, 15) is 10.1 Å². The quantitative estimate of drug-likeness (QED) is 0.556. The predicted molar refractivity (Wildman–Crippen MR) is 88.7 cm³/mol. The summed E-state index contributed by atoms with van der Waals surface area (Å²) in [6.07, 6.45) is 0. The highest BCUT2D eigenvalue weighted by atomic mass is 32.1. The van der Waals surface area contributed by atoms with E-state index in [1.165, 1.54) is 29.0 Å². The molecule has 5 nitrogen and oxygen atoms in total. The van der Waals surface area contributed by atoms with Crippen LogP contribution in [0.25, 0.3) is 11.3 Å². The number of non-ortho nitro benzene ring substituents is 1. The Bertz CT molecular complexity index is 812. The van der Waals surface area contributed by atoms with Gasteiger partial charge in [-0.25, -0.2) is 4.98 Å². The molecule has 6 heteroatoms. The maximum Gasteiger partial charge on any atom is 0.269 e. The van der Waals surface area contributed by atoms with Crippen molar-refractivity contribution in [1.82, 2.24) is 4.98 Å². The zero-order valence-corrected chi connectivity index (χ0v) is 12.6. The fraction of sp³-hybridized carbons (Fsp3) is 0.0625. The number of rotatable bonds is 4. The van der Waals surface area contributed by atoms with Crippen LogP contribution in [0.2, 0.25) is 0 Å². The molecule has 0 aliphatic rings. The Balaban J connectivity index is 1.80. The van der Waals surface area contributed by atoms with Gasteiger partial charge in [0.25, 0.3) is 5.69 Å². The van der Waals surface area contributed by atoms with E-state index in [1.54, 1.807) is 12.1 Å². The fourth-order valence-electron chi connectivity index (χ4n) is 2.06. The Morgan fingerprint density at radius 2 is 1.95 bits per heavy atom. The minimum Gasteiger partial charge on any atom is -0.332 e. The Morgan fingerprint density at radius 3 is 2.64 bits per heavy atom. The molecule has 0 radical (unpaired) electrons. The van der Waals surface area contributed by atoms with Crippen LogP contribution in [0.3, 0.4) is 0 Å². The second-order valence-electron chi connectivity index (χ2n) is 4.84. The lowest BCUT2D eigenvalue weighted by Crippen LogP contribution is -1.90. The molecule has 2 aromatic carbocycles. The molecule has 0 amide bonds. The summed E-state index contributed by atoms with van der Waals surface area (Å²) in [5, 5.41) is 16.6. The molecule has 1 heterocycles. The third-order valence-electron chi connectivity index (χ3n) is 3.15. The summed E-state index contributed by atoms with van der Waals surface area (Å²) in [5.41, 5.74) is 3.91. The third-order valence-corrected chi connectivity index (χ3v) is 3.91. The standard InChI is InChI=1S/C16H13N3O2S/c1-11-3-2-4-13(9-11)17-16-18-15(10-22-16)12-5-7-14(8-6-12)19(20)21/h2-10H,1H3,(H,17,18). The molecule has 0 bridgehead atoms. The van der Waals surface area contributed by atoms with E-state index in [2.05, 4.69) is 10.3 Å². The van der Waals surface area contributed by atoms with Crippen LogP contribution in [0, 0.1) is 17.0 Å². The van der Waals surface area contributed by atoms with Gasteiger partial charge in [0.2, 0.25) is 0 Å². The van der Waals surface area contributed by atoms with Gasteiger partial charge < -0.3 is 5.32 Å². The van der Waals surface area contributed by atoms with Crippen molar-refractivity contribution in [3.05, 3.63) is 69.6 Å². The summed E-state index contributed by atoms with van der Waals surface area (Å²) in [5.74, 6) is 0. The monoisotopic (exact) mass is 311 g/mol. The lowest BCUT2D eigenvalue weighted by atomic mass is 10.1. The first kappa shape index (κ1) is 14.2. The summed E-state index contributed by atoms with van der Waals surface area (Å²) >= 11 is 1.50. The highest BCUT2D eigenvalue weighted by molar-refractivity contribution is 7.14. The molecule has 110 valence electrons. The molecule has 0 fully saturated rings. The number of hydrogen-bond acceptors (Lipinski definition) is 5. The minimum absolute atomic E-state index is 0.0806. The average molecular weight is 311 g/mol. The van der Waals surface area contributed by atoms with Gasteiger partial charge in [0, 0.05) is 28.8 Å². The maximum absolute atomic E-state index is 10.7. The number of hydrogen-bond donors (Lipinski definition) is 1. The van der Waals surface area contributed by atoms with Crippen molar-refractivity contribution in [3.8, 4) is 11.3 Å². The Hall–Kier alpha value is -2.73. The number of nitrogens with one attached hydrogen (secondary N) is 1. The van der Waals surface area contributed by atoms with Gasteiger partial charge in [-0.1, -0.05) is 12.1 Å². The first-order valence-electron chi connectivity index (χ1n) is 6.66. The smallest absolute Gasteiger partial charge is 0.269 e. The number of anilines is 2. The van der Waals surface area contributed by atoms with Crippen LogP contribution in [-0.2, 0) is 0 Å². The molecule has 1 aromatic heterocycles. The largest absolute Gasteiger partial charge is 0.332 e. The topological polar surface area (TPSA) is 68.1 Å². The number of benzene rings is 2. The van der Waals surface area contributed by atoms with Gasteiger partial charge in [0.05, 0.1) is 10.6 Å². The maximum atomic E-state index is 10.7. The van der Waals surface area contributed by atoms with Crippen molar-refractivity contribution in [2.75, 3.05) is 5.32 Å². The van der Waals surface area contributed by atoms with Crippen LogP contribution in [0.15, 0.2) is 53.9 Å². The molecule has 0 aliphatic carbocycles. The van der Waals surface area contributed by atoms with E-state index in [4.69, 9.17) is 0 Å². The lowest BCUT2D eigenvalue weighted by Gasteiger charge is -2.03. The first-order chi connectivity index (χ1) is 10.6. The highest BCUT2D eigenvalue weighted by Gasteiger charge is 2.08. The van der Waals surface area contributed by atoms with E-state index >= 15 is 0 Å². The summed E-state index contributed by atoms with van der Waals surface area (Å²) in [6.45, 7) is 2.04. The van der Waals surface area contributed by atoms with Gasteiger partial charge in [-0.2, -0.15) is 0 Å². The number of nitro benzene ring substituents is 1. The normalized spacial score (nSPS) is 10.4. The second-order valence-corrected chi connectivity index (χ2v) is 5.69. The zero-order valence-electron chi connectivity index (χ0n) is 11.8. The molecule has 3 rings (SSSR count). The predicted octanol–water partition coefficient (Wildman–Crippen LogP) is 4.77. The SMILES string of the molecule is Cc1cccc(Nc2nc(-c3ccc([N+](=O)[O-])cc3)cs2)c1. The van der Waals surface area contributed by atoms with Gasteiger partial charge in [-0.15, -0.1) is 11.3 Å². The van der Waals surface area contributed by atoms with Crippen molar-refractivity contribution < 1.29 is 4.92 Å². The molecule has 0 unspecified atom stereocenters. The molecule has 0 spiro atoms. The zero-order chi connectivity index (χ0) is 15.5. The van der Waals surface area contributed by atoms with E-state index in [0.717, 1.165) is 22.1 Å². The molecule has 0 aliphatic heterocycles. The van der Waals surface area contributed by atoms with Crippen molar-refractivity contribution in [2.24, 2.45) is 0 Å². The van der Waals surface area contributed by atoms with E-state index in [-0.39, 0.29) is 5.69 Å². The molecule has 0 atom stereocenters. The fourth-order valence-corrected chi connectivity index (χ4v) is 2.80. The van der Waals surface area contributed by atoms with Gasteiger partial charge in [0.1, 0.15) is 0 Å². The third kappa shape index (κ3) is 3.12. The summed E-state index contributed by atoms with van der Waals surface area (Å²) in [7, 11) is 0. The average Bonchev–Trinajstić information content (AvgIpc) is 2.96. The number of aromatic nitrogens is 1. The van der Waals surface area contributed by atoms with Gasteiger partial charge in [0.15, 0.2) is 5.13 Å². The van der Waals surface area contributed by atoms with Crippen LogP contribution in [-0.4, -0.2) is 9.91 Å². The Morgan fingerprint density at radius 1 is 1.18 bits per heavy atom. The molecule has 3 aromatic rings. The molecular formula is C16H13N3O2S. The Labute approximate surface area is 131 Å².